The van der Waals surface area contributed by atoms with Crippen LogP contribution in [0.4, 0.5) is 0 Å². The standard InChI is InChI=1S/C17H32N2O3/c1-5-8-10-18-12-17(15(4)20,16(21)22-7-3)13-19(14-18)11-9-6-2/h5-14H2,1-4H3. The molecular formula is C17H32N2O3. The van der Waals surface area contributed by atoms with Crippen LogP contribution in [0.15, 0.2) is 0 Å². The molecule has 1 aliphatic heterocycles. The molecule has 5 nitrogen and oxygen atoms in total. The van der Waals surface area contributed by atoms with Crippen LogP contribution in [-0.2, 0) is 14.3 Å². The monoisotopic (exact) mass is 312 g/mol. The quantitative estimate of drug-likeness (QED) is 0.483. The molecule has 5 heteroatoms. The third-order valence-corrected chi connectivity index (χ3v) is 4.38. The van der Waals surface area contributed by atoms with E-state index in [0.29, 0.717) is 19.7 Å². The molecule has 22 heavy (non-hydrogen) atoms. The molecule has 1 fully saturated rings. The van der Waals surface area contributed by atoms with Crippen molar-refractivity contribution in [3.8, 4) is 0 Å². The van der Waals surface area contributed by atoms with E-state index in [1.807, 2.05) is 0 Å². The number of Topliss-reactive ketones (excluding diaryl/α,β-unsaturated/α-hetero) is 1. The number of unbranched alkanes of at least 4 members (excludes halogenated alkanes) is 2. The SMILES string of the molecule is CCCCN1CN(CCCC)CC(C(C)=O)(C(=O)OCC)C1. The molecule has 0 bridgehead atoms. The fourth-order valence-electron chi connectivity index (χ4n) is 3.02. The summed E-state index contributed by atoms with van der Waals surface area (Å²) in [5.74, 6) is -0.432. The summed E-state index contributed by atoms with van der Waals surface area (Å²) in [6, 6.07) is 0. The molecule has 1 rings (SSSR count). The lowest BCUT2D eigenvalue weighted by molar-refractivity contribution is -0.167. The van der Waals surface area contributed by atoms with Crippen molar-refractivity contribution in [3.63, 3.8) is 0 Å². The van der Waals surface area contributed by atoms with Gasteiger partial charge in [-0.25, -0.2) is 0 Å². The topological polar surface area (TPSA) is 49.9 Å². The lowest BCUT2D eigenvalue weighted by Crippen LogP contribution is -2.62. The average Bonchev–Trinajstić information content (AvgIpc) is 2.50. The molecular weight excluding hydrogens is 280 g/mol. The number of carbonyl (C=O) groups is 2. The number of nitrogens with zero attached hydrogens (tertiary/aromatic N) is 2. The number of hydrogen-bond donors (Lipinski definition) is 0. The summed E-state index contributed by atoms with van der Waals surface area (Å²) in [6.45, 7) is 11.6. The summed E-state index contributed by atoms with van der Waals surface area (Å²) in [7, 11) is 0. The van der Waals surface area contributed by atoms with Crippen molar-refractivity contribution >= 4 is 11.8 Å². The lowest BCUT2D eigenvalue weighted by Gasteiger charge is -2.45. The van der Waals surface area contributed by atoms with Gasteiger partial charge in [0.05, 0.1) is 13.3 Å². The molecule has 128 valence electrons. The van der Waals surface area contributed by atoms with Crippen molar-refractivity contribution in [2.24, 2.45) is 5.41 Å². The fraction of sp³-hybridized carbons (Fsp3) is 0.882. The summed E-state index contributed by atoms with van der Waals surface area (Å²) in [5, 5.41) is 0. The maximum Gasteiger partial charge on any atom is 0.322 e. The van der Waals surface area contributed by atoms with Crippen LogP contribution >= 0.6 is 0 Å². The number of ketones is 1. The first-order chi connectivity index (χ1) is 10.5. The maximum atomic E-state index is 12.5. The van der Waals surface area contributed by atoms with Gasteiger partial charge in [0.1, 0.15) is 5.78 Å². The third-order valence-electron chi connectivity index (χ3n) is 4.38. The Hall–Kier alpha value is -0.940. The summed E-state index contributed by atoms with van der Waals surface area (Å²) in [5.41, 5.74) is -1.02. The first kappa shape index (κ1) is 19.1. The Kier molecular flexibility index (Phi) is 8.04. The Labute approximate surface area is 135 Å². The van der Waals surface area contributed by atoms with Gasteiger partial charge in [0.15, 0.2) is 5.41 Å². The van der Waals surface area contributed by atoms with Gasteiger partial charge in [-0.3, -0.25) is 19.4 Å². The van der Waals surface area contributed by atoms with Gasteiger partial charge in [0.25, 0.3) is 0 Å². The Balaban J connectivity index is 2.94. The molecule has 0 radical (unpaired) electrons. The van der Waals surface area contributed by atoms with Crippen LogP contribution in [0.1, 0.15) is 53.4 Å². The first-order valence-corrected chi connectivity index (χ1v) is 8.63. The smallest absolute Gasteiger partial charge is 0.322 e. The van der Waals surface area contributed by atoms with Crippen molar-refractivity contribution in [3.05, 3.63) is 0 Å². The van der Waals surface area contributed by atoms with Gasteiger partial charge in [-0.2, -0.15) is 0 Å². The molecule has 1 saturated heterocycles. The molecule has 0 spiro atoms. The Morgan fingerprint density at radius 2 is 1.50 bits per heavy atom. The Morgan fingerprint density at radius 1 is 1.00 bits per heavy atom. The lowest BCUT2D eigenvalue weighted by atomic mass is 9.81. The molecule has 0 aliphatic carbocycles. The highest BCUT2D eigenvalue weighted by Gasteiger charge is 2.49. The molecule has 0 N–H and O–H groups in total. The second-order valence-corrected chi connectivity index (χ2v) is 6.31. The zero-order valence-corrected chi connectivity index (χ0v) is 14.7. The van der Waals surface area contributed by atoms with Crippen molar-refractivity contribution in [1.82, 2.24) is 9.80 Å². The van der Waals surface area contributed by atoms with E-state index < -0.39 is 5.41 Å². The minimum Gasteiger partial charge on any atom is -0.465 e. The van der Waals surface area contributed by atoms with Crippen molar-refractivity contribution < 1.29 is 14.3 Å². The number of carbonyl (C=O) groups excluding carboxylic acids is 2. The largest absolute Gasteiger partial charge is 0.465 e. The predicted octanol–water partition coefficient (Wildman–Crippen LogP) is 2.30. The summed E-state index contributed by atoms with van der Waals surface area (Å²) in [4.78, 5) is 29.3. The Bertz CT molecular complexity index is 355. The highest BCUT2D eigenvalue weighted by Crippen LogP contribution is 2.29. The molecule has 0 aromatic carbocycles. The van der Waals surface area contributed by atoms with E-state index in [2.05, 4.69) is 23.6 Å². The maximum absolute atomic E-state index is 12.5. The highest BCUT2D eigenvalue weighted by atomic mass is 16.5. The van der Waals surface area contributed by atoms with Gasteiger partial charge in [-0.15, -0.1) is 0 Å². The van der Waals surface area contributed by atoms with Gasteiger partial charge < -0.3 is 4.74 Å². The molecule has 0 saturated carbocycles. The second kappa shape index (κ2) is 9.26. The van der Waals surface area contributed by atoms with Crippen molar-refractivity contribution in [2.45, 2.75) is 53.4 Å². The van der Waals surface area contributed by atoms with Crippen LogP contribution in [0.5, 0.6) is 0 Å². The fourth-order valence-corrected chi connectivity index (χ4v) is 3.02. The van der Waals surface area contributed by atoms with E-state index in [0.717, 1.165) is 45.4 Å². The van der Waals surface area contributed by atoms with Gasteiger partial charge in [0, 0.05) is 13.1 Å². The molecule has 1 aliphatic rings. The van der Waals surface area contributed by atoms with Crippen LogP contribution in [-0.4, -0.2) is 61.0 Å². The van der Waals surface area contributed by atoms with Crippen molar-refractivity contribution in [2.75, 3.05) is 39.5 Å². The zero-order valence-electron chi connectivity index (χ0n) is 14.7. The van der Waals surface area contributed by atoms with E-state index >= 15 is 0 Å². The molecule has 1 heterocycles. The highest BCUT2D eigenvalue weighted by molar-refractivity contribution is 6.03. The summed E-state index contributed by atoms with van der Waals surface area (Å²) < 4.78 is 5.24. The van der Waals surface area contributed by atoms with Gasteiger partial charge in [0.2, 0.25) is 0 Å². The molecule has 0 aromatic heterocycles. The van der Waals surface area contributed by atoms with Crippen LogP contribution in [0, 0.1) is 5.41 Å². The first-order valence-electron chi connectivity index (χ1n) is 8.63. The molecule has 0 unspecified atom stereocenters. The molecule has 0 atom stereocenters. The number of rotatable bonds is 9. The van der Waals surface area contributed by atoms with E-state index in [9.17, 15) is 9.59 Å². The Morgan fingerprint density at radius 3 is 1.86 bits per heavy atom. The third kappa shape index (κ3) is 4.78. The second-order valence-electron chi connectivity index (χ2n) is 6.31. The molecule has 0 amide bonds. The van der Waals surface area contributed by atoms with Crippen LogP contribution < -0.4 is 0 Å². The minimum atomic E-state index is -1.02. The van der Waals surface area contributed by atoms with E-state index in [-0.39, 0.29) is 11.8 Å². The van der Waals surface area contributed by atoms with Crippen LogP contribution in [0.3, 0.4) is 0 Å². The summed E-state index contributed by atoms with van der Waals surface area (Å²) in [6.07, 6.45) is 4.38. The normalized spacial score (nSPS) is 19.1. The van der Waals surface area contributed by atoms with E-state index in [1.165, 1.54) is 6.92 Å². The van der Waals surface area contributed by atoms with E-state index in [4.69, 9.17) is 4.74 Å². The van der Waals surface area contributed by atoms with Gasteiger partial charge >= 0.3 is 5.97 Å². The number of esters is 1. The van der Waals surface area contributed by atoms with Crippen LogP contribution in [0.2, 0.25) is 0 Å². The average molecular weight is 312 g/mol. The number of hydrogen-bond acceptors (Lipinski definition) is 5. The summed E-state index contributed by atoms with van der Waals surface area (Å²) >= 11 is 0. The van der Waals surface area contributed by atoms with Crippen LogP contribution in [0.25, 0.3) is 0 Å². The van der Waals surface area contributed by atoms with Crippen molar-refractivity contribution in [1.29, 1.82) is 0 Å². The number of ether oxygens (including phenoxy) is 1. The molecule has 0 aromatic rings. The zero-order chi connectivity index (χ0) is 16.6. The minimum absolute atomic E-state index is 0.0753. The predicted molar refractivity (Wildman–Crippen MR) is 87.6 cm³/mol. The van der Waals surface area contributed by atoms with Gasteiger partial charge in [-0.05, 0) is 39.8 Å². The van der Waals surface area contributed by atoms with Gasteiger partial charge in [-0.1, -0.05) is 26.7 Å². The van der Waals surface area contributed by atoms with E-state index in [1.54, 1.807) is 6.92 Å².